The van der Waals surface area contributed by atoms with E-state index in [-0.39, 0.29) is 72.2 Å². The zero-order valence-corrected chi connectivity index (χ0v) is 66.8. The Morgan fingerprint density at radius 3 is 1.08 bits per heavy atom. The molecule has 0 unspecified atom stereocenters. The molecule has 0 amide bonds. The van der Waals surface area contributed by atoms with E-state index < -0.39 is 179 Å². The number of anilines is 6. The van der Waals surface area contributed by atoms with Crippen LogP contribution in [0.5, 0.6) is 0 Å². The molecule has 0 fully saturated rings. The summed E-state index contributed by atoms with van der Waals surface area (Å²) in [5.74, 6) is -1.44. The fraction of sp³-hybridized carbons (Fsp3) is 0.147. The third-order valence-corrected chi connectivity index (χ3v) is 22.9. The molecule has 117 heavy (non-hydrogen) atoms. The van der Waals surface area contributed by atoms with Crippen molar-refractivity contribution >= 4 is 101 Å². The molecule has 0 atom stereocenters. The van der Waals surface area contributed by atoms with Crippen LogP contribution in [0.3, 0.4) is 0 Å². The molecule has 3 aromatic heterocycles. The Kier molecular flexibility index (Phi) is 12.2. The minimum absolute atomic E-state index is 0.0902. The topological polar surface area (TPSA) is 55.0 Å². The zero-order valence-electron chi connectivity index (χ0n) is 89.8. The molecule has 0 bridgehead atoms. The predicted molar refractivity (Wildman–Crippen MR) is 495 cm³/mol. The maximum Gasteiger partial charge on any atom is 0.252 e. The van der Waals surface area contributed by atoms with E-state index in [1.165, 1.54) is 4.57 Å². The molecule has 8 heteroatoms. The van der Waals surface area contributed by atoms with Gasteiger partial charge in [-0.25, -0.2) is 15.0 Å². The Morgan fingerprint density at radius 1 is 0.265 bits per heavy atom. The molecule has 15 aromatic carbocycles. The van der Waals surface area contributed by atoms with Gasteiger partial charge in [-0.3, -0.25) is 0 Å². The van der Waals surface area contributed by atoms with Crippen LogP contribution in [0.4, 0.5) is 34.1 Å². The van der Waals surface area contributed by atoms with Gasteiger partial charge in [-0.2, -0.15) is 0 Å². The monoisotopic (exact) mass is 1530 g/mol. The summed E-state index contributed by atoms with van der Waals surface area (Å²) < 4.78 is 222. The Bertz CT molecular complexity index is 8080. The average molecular weight is 1530 g/mol. The first kappa shape index (κ1) is 51.4. The number of aromatic nitrogens is 5. The first-order chi connectivity index (χ1) is 66.1. The van der Waals surface area contributed by atoms with Crippen molar-refractivity contribution in [3.05, 3.63) is 361 Å². The Labute approximate surface area is 719 Å². The number of hydrogen-bond donors (Lipinski definition) is 0. The molecular formula is C109H92BN7. The van der Waals surface area contributed by atoms with E-state index in [2.05, 4.69) is 157 Å². The van der Waals surface area contributed by atoms with Gasteiger partial charge in [-0.15, -0.1) is 0 Å². The molecule has 566 valence electrons. The highest BCUT2D eigenvalue weighted by Gasteiger charge is 2.47. The van der Waals surface area contributed by atoms with E-state index in [0.717, 1.165) is 60.8 Å². The maximum atomic E-state index is 10.1. The van der Waals surface area contributed by atoms with Crippen molar-refractivity contribution in [2.75, 3.05) is 9.80 Å². The number of benzene rings is 15. The number of nitrogens with zero attached hydrogens (tertiary/aromatic N) is 7. The summed E-state index contributed by atoms with van der Waals surface area (Å²) in [5.41, 5.74) is 10.8. The average Bonchev–Trinajstić information content (AvgIpc) is 1.07. The third-order valence-electron chi connectivity index (χ3n) is 22.9. The van der Waals surface area contributed by atoms with Crippen molar-refractivity contribution in [1.82, 2.24) is 24.1 Å². The van der Waals surface area contributed by atoms with Gasteiger partial charge in [-0.1, -0.05) is 331 Å². The van der Waals surface area contributed by atoms with E-state index in [4.69, 9.17) is 19.1 Å². The quantitative estimate of drug-likeness (QED) is 0.121. The van der Waals surface area contributed by atoms with Gasteiger partial charge in [0.2, 0.25) is 0 Å². The van der Waals surface area contributed by atoms with Crippen molar-refractivity contribution in [1.29, 1.82) is 0 Å². The summed E-state index contributed by atoms with van der Waals surface area (Å²) >= 11 is 0. The molecule has 0 saturated carbocycles. The highest BCUT2D eigenvalue weighted by Crippen LogP contribution is 2.56. The van der Waals surface area contributed by atoms with E-state index in [9.17, 15) is 27.4 Å². The van der Waals surface area contributed by atoms with Gasteiger partial charge in [0, 0.05) is 83.4 Å². The summed E-state index contributed by atoms with van der Waals surface area (Å²) in [6.45, 7) is 24.5. The minimum atomic E-state index is -1.03. The molecule has 0 saturated heterocycles. The predicted octanol–water partition coefficient (Wildman–Crippen LogP) is 27.0. The van der Waals surface area contributed by atoms with Crippen LogP contribution in [0, 0.1) is 0 Å². The number of fused-ring (bicyclic) bond motifs is 10. The molecule has 7 nitrogen and oxygen atoms in total. The van der Waals surface area contributed by atoms with Crippen LogP contribution in [-0.2, 0) is 21.7 Å². The fourth-order valence-electron chi connectivity index (χ4n) is 16.9. The Balaban J connectivity index is 1.07. The second-order valence-corrected chi connectivity index (χ2v) is 34.3. The highest BCUT2D eigenvalue weighted by molar-refractivity contribution is 7.00. The van der Waals surface area contributed by atoms with Crippen LogP contribution < -0.4 is 26.2 Å². The molecule has 5 heterocycles. The lowest BCUT2D eigenvalue weighted by atomic mass is 9.33. The van der Waals surface area contributed by atoms with Crippen molar-refractivity contribution in [2.24, 2.45) is 0 Å². The van der Waals surface area contributed by atoms with Crippen LogP contribution in [0.25, 0.3) is 134 Å². The van der Waals surface area contributed by atoms with E-state index in [1.807, 2.05) is 123 Å². The third kappa shape index (κ3) is 12.5. The Hall–Kier alpha value is -13.4. The van der Waals surface area contributed by atoms with Crippen LogP contribution in [0.2, 0.25) is 0 Å². The highest BCUT2D eigenvalue weighted by atomic mass is 15.2. The van der Waals surface area contributed by atoms with Gasteiger partial charge in [-0.05, 0) is 179 Å². The first-order valence-electron chi connectivity index (χ1n) is 50.8. The molecule has 0 radical (unpaired) electrons. The lowest BCUT2D eigenvalue weighted by Gasteiger charge is -2.46. The molecule has 0 N–H and O–H groups in total. The van der Waals surface area contributed by atoms with Crippen LogP contribution in [0.1, 0.15) is 137 Å². The summed E-state index contributed by atoms with van der Waals surface area (Å²) in [6.07, 6.45) is 0. The van der Waals surface area contributed by atoms with Gasteiger partial charge in [0.1, 0.15) is 0 Å². The normalized spacial score (nSPS) is 15.7. The summed E-state index contributed by atoms with van der Waals surface area (Å²) in [4.78, 5) is 19.9. The second kappa shape index (κ2) is 27.7. The van der Waals surface area contributed by atoms with E-state index >= 15 is 0 Å². The lowest BCUT2D eigenvalue weighted by Crippen LogP contribution is -2.61. The number of rotatable bonds is 11. The van der Waals surface area contributed by atoms with Crippen LogP contribution in [0.15, 0.2) is 339 Å². The summed E-state index contributed by atoms with van der Waals surface area (Å²) in [6, 6.07) is 50.9. The molecular weight excluding hydrogens is 1420 g/mol. The van der Waals surface area contributed by atoms with Crippen molar-refractivity contribution in [3.8, 4) is 90.0 Å². The maximum absolute atomic E-state index is 10.1. The number of para-hydroxylation sites is 2. The van der Waals surface area contributed by atoms with E-state index in [1.54, 1.807) is 18.2 Å². The van der Waals surface area contributed by atoms with Gasteiger partial charge >= 0.3 is 0 Å². The SMILES string of the molecule is [2H]c1c([2H])c([2H])c(-c2ccc3c(c2)N(c2c(-c4ccccc4)cc(C(C)(C)C)cc2-c2ccccc2)c2cc(-n4c5ccc(C(C)(C)C)cc5c5cc(C(C)(C)C)ccc54)cc4c2B3c2ccc(-n3c5c([2H])c([2H])c([2H])c([2H])c5c5c([2H])c([2H])c([2H])c([2H])c53)cc2N4c2c(-c3ccccc3)cc(C(C)(C)C)cc2-c2nc(-c3c([2H])c([2H])c([2H])c([2H])c3[2H])nc(-c3c([2H])c([2H])c([2H])c([2H])c3[2H])n2)c([2H])c1[2H]. The van der Waals surface area contributed by atoms with Gasteiger partial charge in [0.05, 0.1) is 70.7 Å². The first-order valence-corrected chi connectivity index (χ1v) is 39.3. The summed E-state index contributed by atoms with van der Waals surface area (Å²) in [5, 5.41) is 1.41. The van der Waals surface area contributed by atoms with Gasteiger partial charge in [0.25, 0.3) is 6.71 Å². The summed E-state index contributed by atoms with van der Waals surface area (Å²) in [7, 11) is 0. The van der Waals surface area contributed by atoms with Crippen LogP contribution >= 0.6 is 0 Å². The lowest BCUT2D eigenvalue weighted by molar-refractivity contribution is 0.590. The van der Waals surface area contributed by atoms with Crippen LogP contribution in [-0.4, -0.2) is 30.8 Å². The minimum Gasteiger partial charge on any atom is -0.310 e. The van der Waals surface area contributed by atoms with E-state index in [0.29, 0.717) is 61.5 Å². The molecule has 2 aliphatic heterocycles. The zero-order chi connectivity index (χ0) is 100.0. The molecule has 20 rings (SSSR count). The fourth-order valence-corrected chi connectivity index (χ4v) is 16.9. The molecule has 2 aliphatic rings. The standard InChI is InChI=1S/C109H92BN7/c1-106(2,3)76-52-57-94-87(60-76)88-61-77(107(4,5)6)53-58-95(88)115(94)81-67-98-100-99(68-81)117(102-86(72-41-25-16-26-42-72)64-79(109(10,11)12)65-89(102)105-112-103(73-43-27-17-28-44-73)111-104(113-105)74-45-29-18-30-46-74)97-66-80(114-92-49-33-31-47-82(92)83-48-32-34-50-93(83)114)54-56-91(97)110(100)90-55-51-75(69-35-19-13-20-36-69)59-96(90)116(98)101-84(70-37-21-14-22-38-70)62-78(108(7,8)9)63-85(101)71-39-23-15-24-40-71/h13-68H,1-12H3/i13D,17D,18D,19D,20D,27D,28D,29D,30D,31D,32D,33D,34D,35D,36D,43D,44D,45D,46D,47D,48D,49D,50D. The molecule has 18 aromatic rings. The van der Waals surface area contributed by atoms with Gasteiger partial charge < -0.3 is 18.9 Å². The smallest absolute Gasteiger partial charge is 0.252 e. The molecule has 0 spiro atoms. The second-order valence-electron chi connectivity index (χ2n) is 34.3. The van der Waals surface area contributed by atoms with Crippen molar-refractivity contribution < 1.29 is 31.5 Å². The number of hydrogen-bond acceptors (Lipinski definition) is 5. The molecule has 0 aliphatic carbocycles. The largest absolute Gasteiger partial charge is 0.310 e. The van der Waals surface area contributed by atoms with Gasteiger partial charge in [0.15, 0.2) is 17.5 Å². The van der Waals surface area contributed by atoms with Crippen molar-refractivity contribution in [2.45, 2.75) is 105 Å². The van der Waals surface area contributed by atoms with Crippen molar-refractivity contribution in [3.63, 3.8) is 0 Å². The Morgan fingerprint density at radius 2 is 0.632 bits per heavy atom.